The maximum Gasteiger partial charge on any atom is 0.175 e. The summed E-state index contributed by atoms with van der Waals surface area (Å²) in [7, 11) is 0. The van der Waals surface area contributed by atoms with Crippen molar-refractivity contribution in [3.8, 4) is 5.82 Å². The van der Waals surface area contributed by atoms with Gasteiger partial charge in [-0.15, -0.1) is 10.2 Å². The summed E-state index contributed by atoms with van der Waals surface area (Å²) in [6.07, 6.45) is 0. The first-order valence-electron chi connectivity index (χ1n) is 8.04. The fourth-order valence-corrected chi connectivity index (χ4v) is 3.40. The van der Waals surface area contributed by atoms with Gasteiger partial charge in [-0.25, -0.2) is 4.68 Å². The van der Waals surface area contributed by atoms with Gasteiger partial charge >= 0.3 is 0 Å². The quantitative estimate of drug-likeness (QED) is 0.515. The molecule has 2 aromatic heterocycles. The minimum atomic E-state index is 0.104. The SMILES string of the molecule is Cc1ccc(C(=O)CSc2ccc(-n3nc(C)cc3C)nn2)c(C)c1. The molecule has 0 N–H and O–H groups in total. The first kappa shape index (κ1) is 17.4. The molecule has 2 heterocycles. The molecule has 0 aliphatic carbocycles. The van der Waals surface area contributed by atoms with Gasteiger partial charge < -0.3 is 0 Å². The Bertz CT molecular complexity index is 916. The van der Waals surface area contributed by atoms with Gasteiger partial charge in [-0.2, -0.15) is 5.10 Å². The minimum absolute atomic E-state index is 0.104. The number of carbonyl (C=O) groups is 1. The van der Waals surface area contributed by atoms with Crippen LogP contribution in [0.4, 0.5) is 0 Å². The molecule has 0 spiro atoms. The summed E-state index contributed by atoms with van der Waals surface area (Å²) in [6.45, 7) is 7.91. The van der Waals surface area contributed by atoms with Crippen molar-refractivity contribution in [3.05, 3.63) is 64.5 Å². The fourth-order valence-electron chi connectivity index (χ4n) is 2.71. The number of rotatable bonds is 5. The maximum absolute atomic E-state index is 12.4. The zero-order chi connectivity index (χ0) is 18.0. The molecule has 0 saturated heterocycles. The second-order valence-corrected chi connectivity index (χ2v) is 7.09. The van der Waals surface area contributed by atoms with Crippen molar-refractivity contribution in [1.29, 1.82) is 0 Å². The Morgan fingerprint density at radius 3 is 2.44 bits per heavy atom. The highest BCUT2D eigenvalue weighted by Gasteiger charge is 2.11. The molecule has 0 aliphatic heterocycles. The van der Waals surface area contributed by atoms with Gasteiger partial charge in [0.1, 0.15) is 5.03 Å². The molecular weight excluding hydrogens is 332 g/mol. The number of carbonyl (C=O) groups excluding carboxylic acids is 1. The molecule has 3 aromatic rings. The molecule has 25 heavy (non-hydrogen) atoms. The number of nitrogens with zero attached hydrogens (tertiary/aromatic N) is 4. The molecule has 0 radical (unpaired) electrons. The van der Waals surface area contributed by atoms with Gasteiger partial charge in [-0.3, -0.25) is 4.79 Å². The maximum atomic E-state index is 12.4. The third kappa shape index (κ3) is 3.96. The highest BCUT2D eigenvalue weighted by molar-refractivity contribution is 7.99. The lowest BCUT2D eigenvalue weighted by Crippen LogP contribution is -2.06. The van der Waals surface area contributed by atoms with Crippen molar-refractivity contribution in [2.24, 2.45) is 0 Å². The molecule has 1 aromatic carbocycles. The van der Waals surface area contributed by atoms with Crippen LogP contribution in [0.1, 0.15) is 32.9 Å². The van der Waals surface area contributed by atoms with Gasteiger partial charge in [0.15, 0.2) is 11.6 Å². The van der Waals surface area contributed by atoms with Crippen LogP contribution in [0.5, 0.6) is 0 Å². The van der Waals surface area contributed by atoms with E-state index in [1.165, 1.54) is 11.8 Å². The van der Waals surface area contributed by atoms with Gasteiger partial charge in [0.05, 0.1) is 11.4 Å². The van der Waals surface area contributed by atoms with Crippen LogP contribution in [0, 0.1) is 27.7 Å². The Morgan fingerprint density at radius 1 is 1.04 bits per heavy atom. The van der Waals surface area contributed by atoms with Crippen LogP contribution in [-0.2, 0) is 0 Å². The van der Waals surface area contributed by atoms with Gasteiger partial charge in [0, 0.05) is 11.3 Å². The average molecular weight is 352 g/mol. The van der Waals surface area contributed by atoms with E-state index in [0.29, 0.717) is 11.6 Å². The number of aryl methyl sites for hydroxylation is 4. The zero-order valence-electron chi connectivity index (χ0n) is 14.8. The summed E-state index contributed by atoms with van der Waals surface area (Å²) in [5.74, 6) is 1.13. The van der Waals surface area contributed by atoms with Crippen molar-refractivity contribution in [3.63, 3.8) is 0 Å². The third-order valence-electron chi connectivity index (χ3n) is 3.89. The lowest BCUT2D eigenvalue weighted by Gasteiger charge is -2.06. The molecule has 0 aliphatic rings. The standard InChI is InChI=1S/C19H20N4OS/c1-12-5-6-16(13(2)9-12)17(24)11-25-19-8-7-18(20-21-19)23-15(4)10-14(3)22-23/h5-10H,11H2,1-4H3. The van der Waals surface area contributed by atoms with E-state index < -0.39 is 0 Å². The van der Waals surface area contributed by atoms with E-state index in [4.69, 9.17) is 0 Å². The summed E-state index contributed by atoms with van der Waals surface area (Å²) < 4.78 is 1.76. The van der Waals surface area contributed by atoms with Gasteiger partial charge in [-0.1, -0.05) is 35.5 Å². The number of hydrogen-bond acceptors (Lipinski definition) is 5. The van der Waals surface area contributed by atoms with Gasteiger partial charge in [0.2, 0.25) is 0 Å². The van der Waals surface area contributed by atoms with E-state index in [2.05, 4.69) is 15.3 Å². The topological polar surface area (TPSA) is 60.7 Å². The molecule has 0 bridgehead atoms. The van der Waals surface area contributed by atoms with Gasteiger partial charge in [0.25, 0.3) is 0 Å². The molecule has 0 saturated carbocycles. The van der Waals surface area contributed by atoms with Crippen molar-refractivity contribution < 1.29 is 4.79 Å². The second-order valence-electron chi connectivity index (χ2n) is 6.10. The van der Waals surface area contributed by atoms with Crippen LogP contribution in [0.25, 0.3) is 5.82 Å². The van der Waals surface area contributed by atoms with Crippen LogP contribution < -0.4 is 0 Å². The monoisotopic (exact) mass is 352 g/mol. The Labute approximate surface area is 151 Å². The van der Waals surface area contributed by atoms with Crippen LogP contribution in [-0.4, -0.2) is 31.5 Å². The highest BCUT2D eigenvalue weighted by atomic mass is 32.2. The van der Waals surface area contributed by atoms with Crippen molar-refractivity contribution in [1.82, 2.24) is 20.0 Å². The lowest BCUT2D eigenvalue weighted by molar-refractivity contribution is 0.102. The normalized spacial score (nSPS) is 10.9. The van der Waals surface area contributed by atoms with E-state index in [0.717, 1.165) is 33.1 Å². The Balaban J connectivity index is 1.67. The summed E-state index contributed by atoms with van der Waals surface area (Å²) in [6, 6.07) is 11.6. The van der Waals surface area contributed by atoms with Crippen LogP contribution >= 0.6 is 11.8 Å². The molecule has 0 fully saturated rings. The number of hydrogen-bond donors (Lipinski definition) is 0. The Kier molecular flexibility index (Phi) is 4.99. The van der Waals surface area contributed by atoms with E-state index in [1.54, 1.807) is 4.68 Å². The van der Waals surface area contributed by atoms with Crippen LogP contribution in [0.3, 0.4) is 0 Å². The molecule has 6 heteroatoms. The van der Waals surface area contributed by atoms with Crippen molar-refractivity contribution in [2.75, 3.05) is 5.75 Å². The minimum Gasteiger partial charge on any atom is -0.293 e. The van der Waals surface area contributed by atoms with E-state index in [9.17, 15) is 4.79 Å². The number of thioether (sulfide) groups is 1. The summed E-state index contributed by atoms with van der Waals surface area (Å²) in [5.41, 5.74) is 4.89. The number of Topliss-reactive ketones (excluding diaryl/α,β-unsaturated/α-hetero) is 1. The number of aromatic nitrogens is 4. The number of benzene rings is 1. The molecule has 5 nitrogen and oxygen atoms in total. The van der Waals surface area contributed by atoms with Gasteiger partial charge in [-0.05, 0) is 51.5 Å². The Morgan fingerprint density at radius 2 is 1.84 bits per heavy atom. The molecule has 128 valence electrons. The van der Waals surface area contributed by atoms with Crippen molar-refractivity contribution in [2.45, 2.75) is 32.7 Å². The third-order valence-corrected chi connectivity index (χ3v) is 4.81. The van der Waals surface area contributed by atoms with E-state index in [-0.39, 0.29) is 5.78 Å². The predicted octanol–water partition coefficient (Wildman–Crippen LogP) is 3.87. The van der Waals surface area contributed by atoms with E-state index in [1.807, 2.05) is 64.1 Å². The van der Waals surface area contributed by atoms with E-state index >= 15 is 0 Å². The Hall–Kier alpha value is -2.47. The van der Waals surface area contributed by atoms with Crippen LogP contribution in [0.15, 0.2) is 41.4 Å². The first-order valence-corrected chi connectivity index (χ1v) is 9.03. The molecule has 3 rings (SSSR count). The first-order chi connectivity index (χ1) is 11.9. The molecular formula is C19H20N4OS. The summed E-state index contributed by atoms with van der Waals surface area (Å²) in [4.78, 5) is 12.4. The molecule has 0 unspecified atom stereocenters. The average Bonchev–Trinajstić information content (AvgIpc) is 2.91. The number of ketones is 1. The largest absolute Gasteiger partial charge is 0.293 e. The fraction of sp³-hybridized carbons (Fsp3) is 0.263. The predicted molar refractivity (Wildman–Crippen MR) is 99.6 cm³/mol. The van der Waals surface area contributed by atoms with Crippen LogP contribution in [0.2, 0.25) is 0 Å². The van der Waals surface area contributed by atoms with Crippen molar-refractivity contribution >= 4 is 17.5 Å². The summed E-state index contributed by atoms with van der Waals surface area (Å²) in [5, 5.41) is 13.5. The summed E-state index contributed by atoms with van der Waals surface area (Å²) >= 11 is 1.40. The lowest BCUT2D eigenvalue weighted by atomic mass is 10.0. The molecule has 0 amide bonds. The smallest absolute Gasteiger partial charge is 0.175 e. The molecule has 0 atom stereocenters. The zero-order valence-corrected chi connectivity index (χ0v) is 15.6. The second kappa shape index (κ2) is 7.19. The highest BCUT2D eigenvalue weighted by Crippen LogP contribution is 2.19.